The number of hydrogen-bond acceptors (Lipinski definition) is 2. The van der Waals surface area contributed by atoms with Crippen molar-refractivity contribution in [1.29, 1.82) is 0 Å². The summed E-state index contributed by atoms with van der Waals surface area (Å²) in [6.07, 6.45) is 0.990. The molecule has 12 heavy (non-hydrogen) atoms. The van der Waals surface area contributed by atoms with Crippen LogP contribution < -0.4 is 0 Å². The van der Waals surface area contributed by atoms with Gasteiger partial charge in [-0.2, -0.15) is 11.8 Å². The number of thioether (sulfide) groups is 1. The number of carbonyl (C=O) groups is 1. The molecule has 0 saturated heterocycles. The SMILES string of the molecule is O=C(O)c1cc2c([nH]1)CSCC2. The molecular weight excluding hydrogens is 174 g/mol. The Bertz CT molecular complexity index is 295. The Hall–Kier alpha value is -0.900. The van der Waals surface area contributed by atoms with E-state index in [9.17, 15) is 4.79 Å². The van der Waals surface area contributed by atoms with Gasteiger partial charge in [-0.1, -0.05) is 0 Å². The number of H-pyrrole nitrogens is 1. The minimum Gasteiger partial charge on any atom is -0.477 e. The molecule has 3 nitrogen and oxygen atoms in total. The highest BCUT2D eigenvalue weighted by molar-refractivity contribution is 7.98. The third-order valence-corrected chi connectivity index (χ3v) is 2.97. The number of carboxylic acid groups (broad SMARTS) is 1. The van der Waals surface area contributed by atoms with Gasteiger partial charge in [-0.3, -0.25) is 0 Å². The molecule has 1 aromatic heterocycles. The number of fused-ring (bicyclic) bond motifs is 1. The summed E-state index contributed by atoms with van der Waals surface area (Å²) in [7, 11) is 0. The van der Waals surface area contributed by atoms with E-state index < -0.39 is 5.97 Å². The predicted octanol–water partition coefficient (Wildman–Crippen LogP) is 1.50. The van der Waals surface area contributed by atoms with Crippen LogP contribution >= 0.6 is 11.8 Å². The van der Waals surface area contributed by atoms with Crippen molar-refractivity contribution in [2.75, 3.05) is 5.75 Å². The number of aromatic amines is 1. The molecule has 1 aliphatic rings. The van der Waals surface area contributed by atoms with Crippen LogP contribution in [0.25, 0.3) is 0 Å². The van der Waals surface area contributed by atoms with Gasteiger partial charge < -0.3 is 10.1 Å². The molecule has 1 aliphatic heterocycles. The van der Waals surface area contributed by atoms with Crippen molar-refractivity contribution in [3.63, 3.8) is 0 Å². The molecule has 0 spiro atoms. The fourth-order valence-corrected chi connectivity index (χ4v) is 2.33. The van der Waals surface area contributed by atoms with E-state index in [2.05, 4.69) is 4.98 Å². The summed E-state index contributed by atoms with van der Waals surface area (Å²) in [5, 5.41) is 8.70. The van der Waals surface area contributed by atoms with Gasteiger partial charge in [0.25, 0.3) is 0 Å². The Balaban J connectivity index is 2.38. The molecule has 0 aliphatic carbocycles. The summed E-state index contributed by atoms with van der Waals surface area (Å²) in [6.45, 7) is 0. The Labute approximate surface area is 74.2 Å². The summed E-state index contributed by atoms with van der Waals surface area (Å²) in [5.41, 5.74) is 2.58. The molecule has 0 unspecified atom stereocenters. The van der Waals surface area contributed by atoms with Crippen LogP contribution in [0.5, 0.6) is 0 Å². The second-order valence-corrected chi connectivity index (χ2v) is 3.90. The highest BCUT2D eigenvalue weighted by atomic mass is 32.2. The van der Waals surface area contributed by atoms with Gasteiger partial charge in [0.15, 0.2) is 0 Å². The largest absolute Gasteiger partial charge is 0.477 e. The van der Waals surface area contributed by atoms with Crippen LogP contribution in [0.2, 0.25) is 0 Å². The average molecular weight is 183 g/mol. The number of rotatable bonds is 1. The molecule has 0 aromatic carbocycles. The number of nitrogens with one attached hydrogen (secondary N) is 1. The monoisotopic (exact) mass is 183 g/mol. The maximum atomic E-state index is 10.6. The van der Waals surface area contributed by atoms with Gasteiger partial charge in [-0.25, -0.2) is 4.79 Å². The van der Waals surface area contributed by atoms with Gasteiger partial charge in [0.05, 0.1) is 0 Å². The van der Waals surface area contributed by atoms with Crippen molar-refractivity contribution >= 4 is 17.7 Å². The van der Waals surface area contributed by atoms with Crippen LogP contribution in [-0.2, 0) is 12.2 Å². The molecule has 0 saturated carbocycles. The first-order valence-corrected chi connectivity index (χ1v) is 4.94. The lowest BCUT2D eigenvalue weighted by molar-refractivity contribution is 0.0691. The van der Waals surface area contributed by atoms with Crippen LogP contribution in [0.3, 0.4) is 0 Å². The maximum Gasteiger partial charge on any atom is 0.352 e. The van der Waals surface area contributed by atoms with Crippen molar-refractivity contribution in [1.82, 2.24) is 4.98 Å². The van der Waals surface area contributed by atoms with Gasteiger partial charge in [-0.15, -0.1) is 0 Å². The molecule has 0 bridgehead atoms. The number of aryl methyl sites for hydroxylation is 1. The molecule has 0 amide bonds. The highest BCUT2D eigenvalue weighted by Gasteiger charge is 2.15. The van der Waals surface area contributed by atoms with Gasteiger partial charge in [0, 0.05) is 11.4 Å². The zero-order valence-electron chi connectivity index (χ0n) is 6.46. The first-order valence-electron chi connectivity index (χ1n) is 3.79. The van der Waals surface area contributed by atoms with Gasteiger partial charge in [0.1, 0.15) is 5.69 Å². The Morgan fingerprint density at radius 2 is 2.50 bits per heavy atom. The second-order valence-electron chi connectivity index (χ2n) is 2.79. The molecule has 0 radical (unpaired) electrons. The zero-order valence-corrected chi connectivity index (χ0v) is 7.28. The smallest absolute Gasteiger partial charge is 0.352 e. The van der Waals surface area contributed by atoms with Crippen molar-refractivity contribution in [2.45, 2.75) is 12.2 Å². The lowest BCUT2D eigenvalue weighted by atomic mass is 10.2. The van der Waals surface area contributed by atoms with E-state index in [4.69, 9.17) is 5.11 Å². The van der Waals surface area contributed by atoms with Gasteiger partial charge in [-0.05, 0) is 23.8 Å². The lowest BCUT2D eigenvalue weighted by Gasteiger charge is -2.08. The van der Waals surface area contributed by atoms with E-state index >= 15 is 0 Å². The summed E-state index contributed by atoms with van der Waals surface area (Å²) in [5.74, 6) is 1.15. The molecule has 2 N–H and O–H groups in total. The second kappa shape index (κ2) is 2.86. The van der Waals surface area contributed by atoms with Crippen LogP contribution in [0.1, 0.15) is 21.7 Å². The number of hydrogen-bond donors (Lipinski definition) is 2. The summed E-state index contributed by atoms with van der Waals surface area (Å²) < 4.78 is 0. The Morgan fingerprint density at radius 1 is 1.67 bits per heavy atom. The van der Waals surface area contributed by atoms with Crippen molar-refractivity contribution in [3.05, 3.63) is 23.0 Å². The number of carboxylic acids is 1. The molecule has 0 fully saturated rings. The molecule has 2 rings (SSSR count). The minimum absolute atomic E-state index is 0.322. The Kier molecular flexibility index (Phi) is 1.84. The minimum atomic E-state index is -0.866. The molecular formula is C8H9NO2S. The van der Waals surface area contributed by atoms with Crippen molar-refractivity contribution < 1.29 is 9.90 Å². The topological polar surface area (TPSA) is 53.1 Å². The Morgan fingerprint density at radius 3 is 3.17 bits per heavy atom. The molecule has 4 heteroatoms. The molecule has 0 atom stereocenters. The summed E-state index contributed by atoms with van der Waals surface area (Å²) in [6, 6.07) is 1.75. The van der Waals surface area contributed by atoms with E-state index in [1.165, 1.54) is 5.56 Å². The molecule has 1 aromatic rings. The number of aromatic carboxylic acids is 1. The number of aromatic nitrogens is 1. The summed E-state index contributed by atoms with van der Waals surface area (Å²) >= 11 is 1.84. The molecule has 2 heterocycles. The van der Waals surface area contributed by atoms with Crippen molar-refractivity contribution in [2.24, 2.45) is 0 Å². The first-order chi connectivity index (χ1) is 5.77. The lowest BCUT2D eigenvalue weighted by Crippen LogP contribution is -1.99. The molecule has 64 valence electrons. The van der Waals surface area contributed by atoms with E-state index in [0.29, 0.717) is 5.69 Å². The fourth-order valence-electron chi connectivity index (χ4n) is 1.36. The summed E-state index contributed by atoms with van der Waals surface area (Å²) in [4.78, 5) is 13.5. The fraction of sp³-hybridized carbons (Fsp3) is 0.375. The highest BCUT2D eigenvalue weighted by Crippen LogP contribution is 2.24. The van der Waals surface area contributed by atoms with Crippen LogP contribution in [0, 0.1) is 0 Å². The van der Waals surface area contributed by atoms with Crippen LogP contribution in [0.4, 0.5) is 0 Å². The van der Waals surface area contributed by atoms with Gasteiger partial charge >= 0.3 is 5.97 Å². The van der Waals surface area contributed by atoms with E-state index in [1.807, 2.05) is 11.8 Å². The van der Waals surface area contributed by atoms with E-state index in [-0.39, 0.29) is 0 Å². The van der Waals surface area contributed by atoms with Crippen LogP contribution in [-0.4, -0.2) is 21.8 Å². The maximum absolute atomic E-state index is 10.6. The zero-order chi connectivity index (χ0) is 8.55. The predicted molar refractivity (Wildman–Crippen MR) is 47.6 cm³/mol. The van der Waals surface area contributed by atoms with Crippen LogP contribution in [0.15, 0.2) is 6.07 Å². The first kappa shape index (κ1) is 7.73. The average Bonchev–Trinajstić information content (AvgIpc) is 2.46. The normalized spacial score (nSPS) is 15.7. The third kappa shape index (κ3) is 1.22. The quantitative estimate of drug-likeness (QED) is 0.693. The van der Waals surface area contributed by atoms with E-state index in [0.717, 1.165) is 23.6 Å². The van der Waals surface area contributed by atoms with Gasteiger partial charge in [0.2, 0.25) is 0 Å². The van der Waals surface area contributed by atoms with E-state index in [1.54, 1.807) is 6.07 Å². The third-order valence-electron chi connectivity index (χ3n) is 1.98. The standard InChI is InChI=1S/C8H9NO2S/c10-8(11)6-3-5-1-2-12-4-7(5)9-6/h3,9H,1-2,4H2,(H,10,11). The van der Waals surface area contributed by atoms with Crippen molar-refractivity contribution in [3.8, 4) is 0 Å².